The van der Waals surface area contributed by atoms with Crippen molar-refractivity contribution in [1.82, 2.24) is 14.9 Å². The van der Waals surface area contributed by atoms with Gasteiger partial charge in [0.15, 0.2) is 17.5 Å². The Balaban J connectivity index is 1.70. The highest BCUT2D eigenvalue weighted by Crippen LogP contribution is 2.36. The Hall–Kier alpha value is -3.10. The minimum atomic E-state index is -0.799. The lowest BCUT2D eigenvalue weighted by molar-refractivity contribution is -0.141. The normalized spacial score (nSPS) is 15.8. The van der Waals surface area contributed by atoms with Crippen LogP contribution in [0.25, 0.3) is 10.9 Å². The maximum Gasteiger partial charge on any atom is 0.333 e. The Bertz CT molecular complexity index is 1130. The molecule has 0 bridgehead atoms. The number of methoxy groups -OCH3 is 2. The fourth-order valence-electron chi connectivity index (χ4n) is 3.93. The molecular weight excluding hydrogens is 444 g/mol. The number of rotatable bonds is 7. The molecule has 33 heavy (non-hydrogen) atoms. The lowest BCUT2D eigenvalue weighted by Gasteiger charge is -2.29. The van der Waals surface area contributed by atoms with Gasteiger partial charge >= 0.3 is 5.97 Å². The molecule has 1 saturated heterocycles. The van der Waals surface area contributed by atoms with Crippen molar-refractivity contribution in [2.45, 2.75) is 25.0 Å². The van der Waals surface area contributed by atoms with Gasteiger partial charge in [-0.2, -0.15) is 0 Å². The van der Waals surface area contributed by atoms with Crippen LogP contribution in [0.15, 0.2) is 42.7 Å². The number of carbonyl (C=O) groups is 1. The number of nitrogens with one attached hydrogen (secondary N) is 1. The molecule has 0 radical (unpaired) electrons. The fraction of sp³-hybridized carbons (Fsp3) is 0.375. The van der Waals surface area contributed by atoms with Crippen LogP contribution < -0.4 is 14.8 Å². The number of anilines is 1. The molecule has 4 rings (SSSR count). The molecule has 0 spiro atoms. The van der Waals surface area contributed by atoms with E-state index in [2.05, 4.69) is 27.2 Å². The van der Waals surface area contributed by atoms with Gasteiger partial charge in [-0.3, -0.25) is 0 Å². The summed E-state index contributed by atoms with van der Waals surface area (Å²) in [4.78, 5) is 23.7. The van der Waals surface area contributed by atoms with Gasteiger partial charge in [-0.25, -0.2) is 14.8 Å². The molecule has 2 aromatic carbocycles. The summed E-state index contributed by atoms with van der Waals surface area (Å²) in [5.41, 5.74) is 1.33. The van der Waals surface area contributed by atoms with E-state index in [0.29, 0.717) is 38.8 Å². The van der Waals surface area contributed by atoms with E-state index in [-0.39, 0.29) is 6.10 Å². The summed E-state index contributed by atoms with van der Waals surface area (Å²) in [5, 5.41) is 4.43. The second-order valence-corrected chi connectivity index (χ2v) is 8.45. The van der Waals surface area contributed by atoms with Crippen LogP contribution in [0.5, 0.6) is 11.5 Å². The van der Waals surface area contributed by atoms with Crippen LogP contribution in [0, 0.1) is 0 Å². The molecule has 1 atom stereocenters. The Morgan fingerprint density at radius 2 is 1.94 bits per heavy atom. The molecule has 1 unspecified atom stereocenters. The van der Waals surface area contributed by atoms with Gasteiger partial charge in [0.25, 0.3) is 0 Å². The van der Waals surface area contributed by atoms with Crippen LogP contribution in [0.2, 0.25) is 5.02 Å². The van der Waals surface area contributed by atoms with Crippen molar-refractivity contribution in [2.24, 2.45) is 0 Å². The first-order chi connectivity index (χ1) is 16.0. The zero-order chi connectivity index (χ0) is 23.4. The highest BCUT2D eigenvalue weighted by atomic mass is 35.5. The van der Waals surface area contributed by atoms with E-state index in [1.54, 1.807) is 25.3 Å². The summed E-state index contributed by atoms with van der Waals surface area (Å²) in [5.74, 6) is 1.24. The van der Waals surface area contributed by atoms with Gasteiger partial charge in [0.1, 0.15) is 18.2 Å². The number of esters is 1. The third-order valence-corrected chi connectivity index (χ3v) is 6.02. The van der Waals surface area contributed by atoms with Crippen molar-refractivity contribution in [3.05, 3.63) is 53.3 Å². The Morgan fingerprint density at radius 3 is 2.64 bits per heavy atom. The summed E-state index contributed by atoms with van der Waals surface area (Å²) < 4.78 is 16.9. The summed E-state index contributed by atoms with van der Waals surface area (Å²) in [6, 6.07) is 9.94. The zero-order valence-corrected chi connectivity index (χ0v) is 19.6. The van der Waals surface area contributed by atoms with Gasteiger partial charge in [0.2, 0.25) is 0 Å². The fourth-order valence-corrected chi connectivity index (χ4v) is 4.13. The van der Waals surface area contributed by atoms with Crippen LogP contribution in [0.3, 0.4) is 0 Å². The molecular formula is C24H27ClN4O4. The van der Waals surface area contributed by atoms with Gasteiger partial charge in [-0.1, -0.05) is 23.7 Å². The minimum absolute atomic E-state index is 0.0999. The second-order valence-electron chi connectivity index (χ2n) is 8.02. The van der Waals surface area contributed by atoms with Crippen molar-refractivity contribution < 1.29 is 19.0 Å². The molecule has 0 saturated carbocycles. The quantitative estimate of drug-likeness (QED) is 0.517. The number of fused-ring (bicyclic) bond motifs is 1. The molecule has 1 fully saturated rings. The van der Waals surface area contributed by atoms with Crippen LogP contribution in [-0.2, 0) is 9.53 Å². The number of ether oxygens (including phenoxy) is 3. The van der Waals surface area contributed by atoms with Gasteiger partial charge in [0.05, 0.1) is 19.7 Å². The number of aromatic nitrogens is 2. The van der Waals surface area contributed by atoms with E-state index in [9.17, 15) is 4.79 Å². The molecule has 8 nitrogen and oxygen atoms in total. The first-order valence-electron chi connectivity index (χ1n) is 10.8. The zero-order valence-electron chi connectivity index (χ0n) is 18.9. The van der Waals surface area contributed by atoms with E-state index in [1.165, 1.54) is 13.4 Å². The maximum atomic E-state index is 12.6. The standard InChI is InChI=1S/C24H27ClN4O4/c1-29-9-7-17(8-10-29)33-21-12-18-19(13-20(21)31-2)26-14-27-23(18)28-22(24(30)32-3)15-5-4-6-16(25)11-15/h4-6,11-14,17,22H,7-10H2,1-3H3,(H,26,27,28). The van der Waals surface area contributed by atoms with Gasteiger partial charge < -0.3 is 24.4 Å². The second kappa shape index (κ2) is 10.2. The molecule has 3 aromatic rings. The highest BCUT2D eigenvalue weighted by Gasteiger charge is 2.25. The topological polar surface area (TPSA) is 85.8 Å². The third-order valence-electron chi connectivity index (χ3n) is 5.78. The molecule has 0 aliphatic carbocycles. The average molecular weight is 471 g/mol. The largest absolute Gasteiger partial charge is 0.493 e. The number of halogens is 1. The first-order valence-corrected chi connectivity index (χ1v) is 11.1. The van der Waals surface area contributed by atoms with Crippen LogP contribution in [0.4, 0.5) is 5.82 Å². The first kappa shape index (κ1) is 23.1. The smallest absolute Gasteiger partial charge is 0.333 e. The number of carbonyl (C=O) groups excluding carboxylic acids is 1. The Labute approximate surface area is 197 Å². The average Bonchev–Trinajstić information content (AvgIpc) is 2.83. The molecule has 2 heterocycles. The SMILES string of the molecule is COC(=O)C(Nc1ncnc2cc(OC)c(OC3CCN(C)CC3)cc12)c1cccc(Cl)c1. The van der Waals surface area contributed by atoms with E-state index < -0.39 is 12.0 Å². The number of benzene rings is 2. The van der Waals surface area contributed by atoms with Gasteiger partial charge in [-0.05, 0) is 43.7 Å². The molecule has 9 heteroatoms. The lowest BCUT2D eigenvalue weighted by Crippen LogP contribution is -2.35. The number of piperidine rings is 1. The number of nitrogens with zero attached hydrogens (tertiary/aromatic N) is 3. The summed E-state index contributed by atoms with van der Waals surface area (Å²) in [7, 11) is 5.06. The van der Waals surface area contributed by atoms with Crippen molar-refractivity contribution >= 4 is 34.3 Å². The molecule has 1 aromatic heterocycles. The number of hydrogen-bond donors (Lipinski definition) is 1. The summed E-state index contributed by atoms with van der Waals surface area (Å²) in [6.07, 6.45) is 3.41. The number of hydrogen-bond acceptors (Lipinski definition) is 8. The van der Waals surface area contributed by atoms with Crippen LogP contribution >= 0.6 is 11.6 Å². The van der Waals surface area contributed by atoms with Crippen molar-refractivity contribution in [3.8, 4) is 11.5 Å². The molecule has 1 N–H and O–H groups in total. The van der Waals surface area contributed by atoms with Crippen LogP contribution in [-0.4, -0.2) is 61.3 Å². The Kier molecular flexibility index (Phi) is 7.15. The van der Waals surface area contributed by atoms with E-state index in [1.807, 2.05) is 18.2 Å². The van der Waals surface area contributed by atoms with E-state index >= 15 is 0 Å². The predicted molar refractivity (Wildman–Crippen MR) is 127 cm³/mol. The van der Waals surface area contributed by atoms with E-state index in [0.717, 1.165) is 25.9 Å². The Morgan fingerprint density at radius 1 is 1.15 bits per heavy atom. The molecule has 0 amide bonds. The highest BCUT2D eigenvalue weighted by molar-refractivity contribution is 6.30. The molecule has 1 aliphatic heterocycles. The minimum Gasteiger partial charge on any atom is -0.493 e. The summed E-state index contributed by atoms with van der Waals surface area (Å²) >= 11 is 6.15. The van der Waals surface area contributed by atoms with Crippen molar-refractivity contribution in [2.75, 3.05) is 39.7 Å². The third kappa shape index (κ3) is 5.29. The van der Waals surface area contributed by atoms with E-state index in [4.69, 9.17) is 25.8 Å². The van der Waals surface area contributed by atoms with Crippen molar-refractivity contribution in [1.29, 1.82) is 0 Å². The lowest BCUT2D eigenvalue weighted by atomic mass is 10.1. The molecule has 174 valence electrons. The van der Waals surface area contributed by atoms with Gasteiger partial charge in [0, 0.05) is 29.6 Å². The summed E-state index contributed by atoms with van der Waals surface area (Å²) in [6.45, 7) is 1.97. The molecule has 1 aliphatic rings. The maximum absolute atomic E-state index is 12.6. The predicted octanol–water partition coefficient (Wildman–Crippen LogP) is 4.09. The van der Waals surface area contributed by atoms with Gasteiger partial charge in [-0.15, -0.1) is 0 Å². The van der Waals surface area contributed by atoms with Crippen molar-refractivity contribution in [3.63, 3.8) is 0 Å². The van der Waals surface area contributed by atoms with Crippen LogP contribution in [0.1, 0.15) is 24.4 Å². The number of likely N-dealkylation sites (tertiary alicyclic amines) is 1. The monoisotopic (exact) mass is 470 g/mol.